The molecule has 2 aromatic carbocycles. The van der Waals surface area contributed by atoms with Crippen molar-refractivity contribution in [1.82, 2.24) is 0 Å². The Morgan fingerprint density at radius 1 is 0.960 bits per heavy atom. The van der Waals surface area contributed by atoms with E-state index in [9.17, 15) is 0 Å². The summed E-state index contributed by atoms with van der Waals surface area (Å²) in [6.45, 7) is 0.561. The van der Waals surface area contributed by atoms with Crippen LogP contribution in [0.2, 0.25) is 10.0 Å². The number of hydrogen-bond acceptors (Lipinski definition) is 1. The summed E-state index contributed by atoms with van der Waals surface area (Å²) in [7, 11) is 0. The molecule has 0 bridgehead atoms. The fourth-order valence-electron chi connectivity index (χ4n) is 4.19. The van der Waals surface area contributed by atoms with E-state index in [0.29, 0.717) is 16.6 Å². The van der Waals surface area contributed by atoms with Crippen molar-refractivity contribution in [2.45, 2.75) is 45.1 Å². The third-order valence-electron chi connectivity index (χ3n) is 5.55. The van der Waals surface area contributed by atoms with Crippen molar-refractivity contribution in [2.75, 3.05) is 5.32 Å². The van der Waals surface area contributed by atoms with Gasteiger partial charge in [-0.3, -0.25) is 4.99 Å². The van der Waals surface area contributed by atoms with E-state index >= 15 is 0 Å². The van der Waals surface area contributed by atoms with Gasteiger partial charge < -0.3 is 5.32 Å². The predicted octanol–water partition coefficient (Wildman–Crippen LogP) is 6.51. The normalized spacial score (nSPS) is 20.3. The van der Waals surface area contributed by atoms with Gasteiger partial charge in [0.05, 0.1) is 16.6 Å². The first-order valence-electron chi connectivity index (χ1n) is 9.01. The summed E-state index contributed by atoms with van der Waals surface area (Å²) in [6, 6.07) is 14.3. The quantitative estimate of drug-likeness (QED) is 0.637. The molecule has 0 saturated heterocycles. The summed E-state index contributed by atoms with van der Waals surface area (Å²) in [5, 5.41) is 4.84. The second kappa shape index (κ2) is 7.01. The van der Waals surface area contributed by atoms with Crippen LogP contribution in [0, 0.1) is 5.41 Å². The molecule has 0 aromatic heterocycles. The Morgan fingerprint density at radius 2 is 1.76 bits per heavy atom. The van der Waals surface area contributed by atoms with Crippen molar-refractivity contribution in [3.05, 3.63) is 63.6 Å². The first kappa shape index (κ1) is 16.9. The maximum absolute atomic E-state index is 6.35. The Balaban J connectivity index is 1.68. The highest BCUT2D eigenvalue weighted by molar-refractivity contribution is 6.42. The molecule has 4 rings (SSSR count). The number of aliphatic imine (C=N–C) groups is 1. The van der Waals surface area contributed by atoms with Gasteiger partial charge in [-0.15, -0.1) is 0 Å². The van der Waals surface area contributed by atoms with Crippen molar-refractivity contribution in [1.29, 1.82) is 0 Å². The smallest absolute Gasteiger partial charge is 0.108 e. The van der Waals surface area contributed by atoms with Gasteiger partial charge in [0.1, 0.15) is 5.84 Å². The molecule has 130 valence electrons. The number of hydrogen-bond donors (Lipinski definition) is 1. The highest BCUT2D eigenvalue weighted by atomic mass is 35.5. The van der Waals surface area contributed by atoms with Crippen molar-refractivity contribution in [3.63, 3.8) is 0 Å². The minimum absolute atomic E-state index is 0.150. The summed E-state index contributed by atoms with van der Waals surface area (Å²) < 4.78 is 0. The topological polar surface area (TPSA) is 24.4 Å². The van der Waals surface area contributed by atoms with Gasteiger partial charge in [-0.1, -0.05) is 72.8 Å². The van der Waals surface area contributed by atoms with Gasteiger partial charge in [-0.25, -0.2) is 0 Å². The summed E-state index contributed by atoms with van der Waals surface area (Å²) in [5.41, 5.74) is 3.73. The summed E-state index contributed by atoms with van der Waals surface area (Å²) in [6.07, 6.45) is 7.38. The predicted molar refractivity (Wildman–Crippen MR) is 107 cm³/mol. The van der Waals surface area contributed by atoms with Crippen LogP contribution >= 0.6 is 23.2 Å². The van der Waals surface area contributed by atoms with Crippen LogP contribution in [-0.4, -0.2) is 5.84 Å². The van der Waals surface area contributed by atoms with Crippen LogP contribution in [-0.2, 0) is 13.0 Å². The number of fused-ring (bicyclic) bond motifs is 1. The molecule has 1 aliphatic carbocycles. The van der Waals surface area contributed by atoms with Crippen LogP contribution in [0.4, 0.5) is 5.69 Å². The molecule has 4 heteroatoms. The average Bonchev–Trinajstić information content (AvgIpc) is 2.64. The van der Waals surface area contributed by atoms with Crippen LogP contribution in [0.25, 0.3) is 0 Å². The van der Waals surface area contributed by atoms with Crippen molar-refractivity contribution in [2.24, 2.45) is 10.4 Å². The average molecular weight is 373 g/mol. The lowest BCUT2D eigenvalue weighted by atomic mass is 9.67. The molecule has 1 spiro atoms. The van der Waals surface area contributed by atoms with Crippen LogP contribution in [0.5, 0.6) is 0 Å². The van der Waals surface area contributed by atoms with Gasteiger partial charge in [-0.2, -0.15) is 0 Å². The third-order valence-corrected chi connectivity index (χ3v) is 6.41. The van der Waals surface area contributed by atoms with Gasteiger partial charge in [0.25, 0.3) is 0 Å². The number of halogens is 2. The van der Waals surface area contributed by atoms with E-state index < -0.39 is 0 Å². The number of rotatable bonds is 2. The molecule has 1 aliphatic heterocycles. The molecule has 2 aliphatic rings. The standard InChI is InChI=1S/C21H22Cl2N2/c22-17-9-6-8-16(19(17)23)14-24-20-21(11-4-1-5-12-21)13-15-7-2-3-10-18(15)25-20/h2-3,6-10H,1,4-5,11-14H2,(H,24,25). The lowest BCUT2D eigenvalue weighted by molar-refractivity contribution is 0.278. The van der Waals surface area contributed by atoms with Gasteiger partial charge in [0.2, 0.25) is 0 Å². The van der Waals surface area contributed by atoms with E-state index in [4.69, 9.17) is 28.2 Å². The number of benzene rings is 2. The molecule has 0 radical (unpaired) electrons. The molecule has 25 heavy (non-hydrogen) atoms. The zero-order valence-electron chi connectivity index (χ0n) is 14.2. The van der Waals surface area contributed by atoms with E-state index in [1.54, 1.807) is 0 Å². The molecule has 1 N–H and O–H groups in total. The fourth-order valence-corrected chi connectivity index (χ4v) is 4.57. The zero-order chi connectivity index (χ0) is 17.3. The SMILES string of the molecule is Clc1cccc(CN=C2Nc3ccccc3CC23CCCCC3)c1Cl. The molecule has 0 atom stereocenters. The maximum atomic E-state index is 6.35. The number of nitrogens with one attached hydrogen (secondary N) is 1. The van der Waals surface area contributed by atoms with Crippen molar-refractivity contribution in [3.8, 4) is 0 Å². The highest BCUT2D eigenvalue weighted by Gasteiger charge is 2.40. The molecule has 2 nitrogen and oxygen atoms in total. The van der Waals surface area contributed by atoms with Gasteiger partial charge >= 0.3 is 0 Å². The van der Waals surface area contributed by atoms with E-state index in [0.717, 1.165) is 17.8 Å². The van der Waals surface area contributed by atoms with Crippen molar-refractivity contribution >= 4 is 34.7 Å². The highest BCUT2D eigenvalue weighted by Crippen LogP contribution is 2.45. The Hall–Kier alpha value is -1.51. The fraction of sp³-hybridized carbons (Fsp3) is 0.381. The van der Waals surface area contributed by atoms with Crippen LogP contribution in [0.1, 0.15) is 43.2 Å². The van der Waals surface area contributed by atoms with Gasteiger partial charge in [-0.05, 0) is 42.5 Å². The zero-order valence-corrected chi connectivity index (χ0v) is 15.7. The Morgan fingerprint density at radius 3 is 2.60 bits per heavy atom. The lowest BCUT2D eigenvalue weighted by Gasteiger charge is -2.42. The lowest BCUT2D eigenvalue weighted by Crippen LogP contribution is -2.43. The largest absolute Gasteiger partial charge is 0.343 e. The molecule has 0 amide bonds. The molecule has 0 unspecified atom stereocenters. The van der Waals surface area contributed by atoms with E-state index in [-0.39, 0.29) is 5.41 Å². The van der Waals surface area contributed by atoms with E-state index in [1.807, 2.05) is 18.2 Å². The number of nitrogens with zero attached hydrogens (tertiary/aromatic N) is 1. The Labute approximate surface area is 159 Å². The van der Waals surface area contributed by atoms with Gasteiger partial charge in [0, 0.05) is 11.1 Å². The summed E-state index contributed by atoms with van der Waals surface area (Å²) in [4.78, 5) is 4.99. The number of para-hydroxylation sites is 1. The summed E-state index contributed by atoms with van der Waals surface area (Å²) in [5.74, 6) is 1.13. The second-order valence-electron chi connectivity index (χ2n) is 7.18. The molecule has 1 saturated carbocycles. The van der Waals surface area contributed by atoms with Crippen molar-refractivity contribution < 1.29 is 0 Å². The minimum atomic E-state index is 0.150. The first-order valence-corrected chi connectivity index (χ1v) is 9.76. The minimum Gasteiger partial charge on any atom is -0.343 e. The molecule has 1 heterocycles. The first-order chi connectivity index (χ1) is 12.2. The molecular weight excluding hydrogens is 351 g/mol. The summed E-state index contributed by atoms with van der Waals surface area (Å²) >= 11 is 12.5. The van der Waals surface area contributed by atoms with E-state index in [2.05, 4.69) is 29.6 Å². The van der Waals surface area contributed by atoms with E-state index in [1.165, 1.54) is 43.4 Å². The number of anilines is 1. The van der Waals surface area contributed by atoms with Crippen LogP contribution in [0.3, 0.4) is 0 Å². The second-order valence-corrected chi connectivity index (χ2v) is 7.96. The van der Waals surface area contributed by atoms with Crippen LogP contribution in [0.15, 0.2) is 47.5 Å². The van der Waals surface area contributed by atoms with Crippen LogP contribution < -0.4 is 5.32 Å². The maximum Gasteiger partial charge on any atom is 0.108 e. The molecular formula is C21H22Cl2N2. The Bertz CT molecular complexity index is 807. The Kier molecular flexibility index (Phi) is 4.75. The number of amidine groups is 1. The third kappa shape index (κ3) is 3.30. The molecule has 1 fully saturated rings. The molecule has 2 aromatic rings. The monoisotopic (exact) mass is 372 g/mol. The van der Waals surface area contributed by atoms with Gasteiger partial charge in [0.15, 0.2) is 0 Å².